The van der Waals surface area contributed by atoms with Gasteiger partial charge in [-0.25, -0.2) is 9.78 Å². The number of methoxy groups -OCH3 is 1. The van der Waals surface area contributed by atoms with Gasteiger partial charge in [0, 0.05) is 24.9 Å². The summed E-state index contributed by atoms with van der Waals surface area (Å²) in [7, 11) is 1.29. The lowest BCUT2D eigenvalue weighted by Crippen LogP contribution is -2.47. The van der Waals surface area contributed by atoms with Crippen LogP contribution in [0.4, 0.5) is 0 Å². The number of ether oxygens (including phenoxy) is 2. The molecule has 104 valence electrons. The van der Waals surface area contributed by atoms with Crippen LogP contribution >= 0.6 is 0 Å². The molecule has 19 heavy (non-hydrogen) atoms. The molecule has 0 saturated carbocycles. The van der Waals surface area contributed by atoms with Gasteiger partial charge in [0.1, 0.15) is 12.1 Å². The van der Waals surface area contributed by atoms with Crippen LogP contribution in [0.5, 0.6) is 0 Å². The molecule has 0 spiro atoms. The number of esters is 1. The van der Waals surface area contributed by atoms with E-state index in [9.17, 15) is 9.59 Å². The first kappa shape index (κ1) is 13.5. The molecule has 1 fully saturated rings. The number of imidazole rings is 1. The number of hydrogen-bond donors (Lipinski definition) is 2. The van der Waals surface area contributed by atoms with E-state index in [2.05, 4.69) is 15.3 Å². The summed E-state index contributed by atoms with van der Waals surface area (Å²) in [6.07, 6.45) is 4.52. The monoisotopic (exact) mass is 267 g/mol. The van der Waals surface area contributed by atoms with Crippen LogP contribution in [0.1, 0.15) is 18.5 Å². The maximum atomic E-state index is 11.9. The number of nitrogens with one attached hydrogen (secondary N) is 2. The van der Waals surface area contributed by atoms with Gasteiger partial charge in [0.25, 0.3) is 0 Å². The molecule has 2 N–H and O–H groups in total. The molecule has 1 unspecified atom stereocenters. The van der Waals surface area contributed by atoms with Crippen molar-refractivity contribution in [1.29, 1.82) is 0 Å². The van der Waals surface area contributed by atoms with E-state index in [1.807, 2.05) is 0 Å². The Bertz CT molecular complexity index is 426. The van der Waals surface area contributed by atoms with Gasteiger partial charge in [0.15, 0.2) is 0 Å². The summed E-state index contributed by atoms with van der Waals surface area (Å²) in [6.45, 7) is 0.585. The van der Waals surface area contributed by atoms with Crippen molar-refractivity contribution in [2.75, 3.05) is 13.7 Å². The Labute approximate surface area is 110 Å². The third kappa shape index (κ3) is 3.54. The van der Waals surface area contributed by atoms with Gasteiger partial charge in [-0.1, -0.05) is 0 Å². The topological polar surface area (TPSA) is 93.3 Å². The largest absolute Gasteiger partial charge is 0.467 e. The average molecular weight is 267 g/mol. The van der Waals surface area contributed by atoms with Gasteiger partial charge < -0.3 is 19.8 Å². The van der Waals surface area contributed by atoms with Gasteiger partial charge in [0.2, 0.25) is 5.91 Å². The Hall–Kier alpha value is -1.89. The molecule has 0 aliphatic carbocycles. The van der Waals surface area contributed by atoms with Crippen molar-refractivity contribution >= 4 is 11.9 Å². The number of carbonyl (C=O) groups is 2. The van der Waals surface area contributed by atoms with Crippen LogP contribution in [-0.4, -0.2) is 47.7 Å². The molecule has 0 radical (unpaired) electrons. The summed E-state index contributed by atoms with van der Waals surface area (Å²) in [5.41, 5.74) is 0.753. The first-order valence-electron chi connectivity index (χ1n) is 6.17. The predicted octanol–water partition coefficient (Wildman–Crippen LogP) is -0.211. The van der Waals surface area contributed by atoms with Crippen LogP contribution in [0.15, 0.2) is 12.5 Å². The van der Waals surface area contributed by atoms with E-state index in [1.54, 1.807) is 6.20 Å². The van der Waals surface area contributed by atoms with Gasteiger partial charge in [-0.2, -0.15) is 0 Å². The van der Waals surface area contributed by atoms with Crippen LogP contribution < -0.4 is 5.32 Å². The highest BCUT2D eigenvalue weighted by atomic mass is 16.5. The third-order valence-corrected chi connectivity index (χ3v) is 3.00. The molecular weight excluding hydrogens is 250 g/mol. The zero-order valence-electron chi connectivity index (χ0n) is 10.7. The highest BCUT2D eigenvalue weighted by Crippen LogP contribution is 2.12. The maximum Gasteiger partial charge on any atom is 0.328 e. The molecule has 1 aliphatic heterocycles. The summed E-state index contributed by atoms with van der Waals surface area (Å²) in [5.74, 6) is -0.756. The molecule has 1 amide bonds. The number of amides is 1. The molecule has 1 saturated heterocycles. The number of nitrogens with zero attached hydrogens (tertiary/aromatic N) is 1. The first-order valence-corrected chi connectivity index (χ1v) is 6.17. The lowest BCUT2D eigenvalue weighted by Gasteiger charge is -2.18. The lowest BCUT2D eigenvalue weighted by atomic mass is 10.1. The van der Waals surface area contributed by atoms with E-state index in [-0.39, 0.29) is 5.91 Å². The fraction of sp³-hybridized carbons (Fsp3) is 0.583. The molecule has 2 heterocycles. The summed E-state index contributed by atoms with van der Waals surface area (Å²) in [5, 5.41) is 2.66. The smallest absolute Gasteiger partial charge is 0.328 e. The van der Waals surface area contributed by atoms with Gasteiger partial charge in [-0.15, -0.1) is 0 Å². The fourth-order valence-corrected chi connectivity index (χ4v) is 2.00. The van der Waals surface area contributed by atoms with Crippen LogP contribution in [-0.2, 0) is 25.5 Å². The molecule has 7 nitrogen and oxygen atoms in total. The summed E-state index contributed by atoms with van der Waals surface area (Å²) in [6, 6.07) is -0.734. The molecule has 2 atom stereocenters. The molecule has 0 aromatic carbocycles. The Morgan fingerprint density at radius 3 is 3.11 bits per heavy atom. The third-order valence-electron chi connectivity index (χ3n) is 3.00. The second-order valence-electron chi connectivity index (χ2n) is 4.37. The van der Waals surface area contributed by atoms with E-state index in [0.29, 0.717) is 19.4 Å². The number of hydrogen-bond acceptors (Lipinski definition) is 5. The van der Waals surface area contributed by atoms with Crippen molar-refractivity contribution in [3.8, 4) is 0 Å². The minimum atomic E-state index is -0.734. The minimum absolute atomic E-state index is 0.271. The van der Waals surface area contributed by atoms with Crippen LogP contribution in [0.3, 0.4) is 0 Å². The summed E-state index contributed by atoms with van der Waals surface area (Å²) in [4.78, 5) is 30.4. The second kappa shape index (κ2) is 6.33. The van der Waals surface area contributed by atoms with E-state index >= 15 is 0 Å². The highest BCUT2D eigenvalue weighted by molar-refractivity contribution is 5.87. The second-order valence-corrected chi connectivity index (χ2v) is 4.37. The Kier molecular flexibility index (Phi) is 4.51. The Balaban J connectivity index is 1.97. The van der Waals surface area contributed by atoms with E-state index < -0.39 is 18.1 Å². The summed E-state index contributed by atoms with van der Waals surface area (Å²) >= 11 is 0. The number of aromatic amines is 1. The quantitative estimate of drug-likeness (QED) is 0.720. The van der Waals surface area contributed by atoms with Crippen LogP contribution in [0.25, 0.3) is 0 Å². The number of rotatable bonds is 5. The van der Waals surface area contributed by atoms with Crippen LogP contribution in [0.2, 0.25) is 0 Å². The molecule has 1 aromatic rings. The van der Waals surface area contributed by atoms with Gasteiger partial charge >= 0.3 is 5.97 Å². The van der Waals surface area contributed by atoms with Gasteiger partial charge in [-0.05, 0) is 12.8 Å². The molecular formula is C12H17N3O4. The standard InChI is InChI=1S/C12H17N3O4/c1-18-12(17)9(5-8-6-13-7-14-8)15-11(16)10-3-2-4-19-10/h6-7,9-10H,2-5H2,1H3,(H,13,14)(H,15,16)/t9-,10?/m0/s1. The van der Waals surface area contributed by atoms with Crippen LogP contribution in [0, 0.1) is 0 Å². The van der Waals surface area contributed by atoms with Crippen molar-refractivity contribution in [1.82, 2.24) is 15.3 Å². The number of H-pyrrole nitrogens is 1. The molecule has 1 aliphatic rings. The van der Waals surface area contributed by atoms with Gasteiger partial charge in [0.05, 0.1) is 13.4 Å². The maximum absolute atomic E-state index is 11.9. The van der Waals surface area contributed by atoms with Crippen molar-refractivity contribution in [3.63, 3.8) is 0 Å². The summed E-state index contributed by atoms with van der Waals surface area (Å²) < 4.78 is 9.98. The van der Waals surface area contributed by atoms with E-state index in [4.69, 9.17) is 9.47 Å². The van der Waals surface area contributed by atoms with Gasteiger partial charge in [-0.3, -0.25) is 4.79 Å². The average Bonchev–Trinajstić information content (AvgIpc) is 3.09. The van der Waals surface area contributed by atoms with E-state index in [1.165, 1.54) is 13.4 Å². The zero-order valence-corrected chi connectivity index (χ0v) is 10.7. The molecule has 7 heteroatoms. The number of carbonyl (C=O) groups excluding carboxylic acids is 2. The Morgan fingerprint density at radius 1 is 1.68 bits per heavy atom. The van der Waals surface area contributed by atoms with Crippen molar-refractivity contribution in [2.24, 2.45) is 0 Å². The number of aromatic nitrogens is 2. The predicted molar refractivity (Wildman–Crippen MR) is 65.2 cm³/mol. The molecule has 2 rings (SSSR count). The molecule has 0 bridgehead atoms. The first-order chi connectivity index (χ1) is 9.20. The minimum Gasteiger partial charge on any atom is -0.467 e. The molecule has 1 aromatic heterocycles. The normalized spacial score (nSPS) is 19.9. The highest BCUT2D eigenvalue weighted by Gasteiger charge is 2.29. The SMILES string of the molecule is COC(=O)[C@H](Cc1cnc[nH]1)NC(=O)C1CCCO1. The van der Waals surface area contributed by atoms with Crippen molar-refractivity contribution < 1.29 is 19.1 Å². The van der Waals surface area contributed by atoms with Crippen molar-refractivity contribution in [2.45, 2.75) is 31.4 Å². The van der Waals surface area contributed by atoms with Crippen molar-refractivity contribution in [3.05, 3.63) is 18.2 Å². The zero-order chi connectivity index (χ0) is 13.7. The Morgan fingerprint density at radius 2 is 2.53 bits per heavy atom. The fourth-order valence-electron chi connectivity index (χ4n) is 2.00. The van der Waals surface area contributed by atoms with E-state index in [0.717, 1.165) is 12.1 Å². The lowest BCUT2D eigenvalue weighted by molar-refractivity contribution is -0.146.